The summed E-state index contributed by atoms with van der Waals surface area (Å²) in [6.07, 6.45) is 2.28. The van der Waals surface area contributed by atoms with Crippen LogP contribution in [0.1, 0.15) is 37.5 Å². The fourth-order valence-corrected chi connectivity index (χ4v) is 1.43. The van der Waals surface area contributed by atoms with E-state index in [0.717, 1.165) is 18.0 Å². The summed E-state index contributed by atoms with van der Waals surface area (Å²) in [5, 5.41) is 32.7. The number of nitrogens with zero attached hydrogens (tertiary/aromatic N) is 2. The van der Waals surface area contributed by atoms with Gasteiger partial charge in [0.05, 0.1) is 12.4 Å². The predicted octanol–water partition coefficient (Wildman–Crippen LogP) is 2.31. The summed E-state index contributed by atoms with van der Waals surface area (Å²) >= 11 is 0. The molecule has 0 saturated carbocycles. The topological polar surface area (TPSA) is 85.4 Å². The highest BCUT2D eigenvalue weighted by atomic mass is 16.4. The lowest BCUT2D eigenvalue weighted by Crippen LogP contribution is -2.12. The van der Waals surface area contributed by atoms with Crippen LogP contribution < -0.4 is 0 Å². The van der Waals surface area contributed by atoms with Crippen molar-refractivity contribution < 1.29 is 15.5 Å². The Morgan fingerprint density at radius 1 is 1.00 bits per heavy atom. The first-order chi connectivity index (χ1) is 7.90. The van der Waals surface area contributed by atoms with E-state index in [1.807, 2.05) is 20.8 Å². The zero-order valence-electron chi connectivity index (χ0n) is 10.0. The van der Waals surface area contributed by atoms with Crippen molar-refractivity contribution in [2.24, 2.45) is 10.3 Å². The molecule has 5 nitrogen and oxygen atoms in total. The molecular formula is C12H16N2O3. The molecule has 92 valence electrons. The van der Waals surface area contributed by atoms with Crippen LogP contribution in [0.3, 0.4) is 0 Å². The van der Waals surface area contributed by atoms with Crippen molar-refractivity contribution in [3.05, 3.63) is 28.8 Å². The van der Waals surface area contributed by atoms with E-state index >= 15 is 0 Å². The first-order valence-electron chi connectivity index (χ1n) is 5.12. The molecule has 0 aliphatic rings. The first-order valence-corrected chi connectivity index (χ1v) is 5.12. The average molecular weight is 236 g/mol. The molecule has 0 aliphatic carbocycles. The Hall–Kier alpha value is -2.04. The van der Waals surface area contributed by atoms with E-state index in [0.29, 0.717) is 11.1 Å². The van der Waals surface area contributed by atoms with Crippen molar-refractivity contribution in [3.8, 4) is 5.75 Å². The van der Waals surface area contributed by atoms with Gasteiger partial charge in [-0.25, -0.2) is 0 Å². The van der Waals surface area contributed by atoms with Crippen LogP contribution in [0, 0.1) is 0 Å². The Labute approximate surface area is 99.7 Å². The van der Waals surface area contributed by atoms with Crippen molar-refractivity contribution in [2.75, 3.05) is 0 Å². The van der Waals surface area contributed by atoms with Gasteiger partial charge >= 0.3 is 0 Å². The van der Waals surface area contributed by atoms with Crippen LogP contribution in [0.4, 0.5) is 0 Å². The number of benzene rings is 1. The Morgan fingerprint density at radius 2 is 1.41 bits per heavy atom. The van der Waals surface area contributed by atoms with E-state index in [1.165, 1.54) is 0 Å². The number of aromatic hydroxyl groups is 1. The van der Waals surface area contributed by atoms with Gasteiger partial charge in [0.15, 0.2) is 0 Å². The standard InChI is InChI=1S/C12H16N2O3/c1-12(2,3)10-4-8(6-13-16)11(15)9(5-10)7-14-17/h4-7,15-17H,1-3H3/b13-6-,14-7+. The van der Waals surface area contributed by atoms with Crippen LogP contribution in [0.25, 0.3) is 0 Å². The van der Waals surface area contributed by atoms with E-state index in [4.69, 9.17) is 10.4 Å². The molecule has 0 bridgehead atoms. The molecule has 0 fully saturated rings. The first kappa shape index (κ1) is 13.0. The van der Waals surface area contributed by atoms with Gasteiger partial charge in [-0.05, 0) is 23.1 Å². The van der Waals surface area contributed by atoms with Gasteiger partial charge in [0.25, 0.3) is 0 Å². The van der Waals surface area contributed by atoms with Gasteiger partial charge in [-0.1, -0.05) is 31.1 Å². The maximum Gasteiger partial charge on any atom is 0.133 e. The summed E-state index contributed by atoms with van der Waals surface area (Å²) in [6.45, 7) is 6.04. The average Bonchev–Trinajstić information content (AvgIpc) is 2.22. The Balaban J connectivity index is 3.47. The molecule has 3 N–H and O–H groups in total. The molecule has 5 heteroatoms. The number of oxime groups is 2. The maximum atomic E-state index is 9.84. The summed E-state index contributed by atoms with van der Waals surface area (Å²) in [6, 6.07) is 3.45. The molecule has 0 radical (unpaired) electrons. The number of hydrogen-bond acceptors (Lipinski definition) is 5. The quantitative estimate of drug-likeness (QED) is 0.418. The number of hydrogen-bond donors (Lipinski definition) is 3. The highest BCUT2D eigenvalue weighted by molar-refractivity contribution is 5.92. The minimum atomic E-state index is -0.135. The third kappa shape index (κ3) is 2.96. The summed E-state index contributed by atoms with van der Waals surface area (Å²) in [7, 11) is 0. The molecule has 0 heterocycles. The Kier molecular flexibility index (Phi) is 3.73. The second-order valence-corrected chi connectivity index (χ2v) is 4.74. The fourth-order valence-electron chi connectivity index (χ4n) is 1.43. The zero-order chi connectivity index (χ0) is 13.1. The highest BCUT2D eigenvalue weighted by Crippen LogP contribution is 2.29. The molecule has 0 atom stereocenters. The normalized spacial score (nSPS) is 12.6. The van der Waals surface area contributed by atoms with Gasteiger partial charge in [-0.15, -0.1) is 0 Å². The SMILES string of the molecule is CC(C)(C)c1cc(/C=N\O)c(O)c(/C=N/O)c1. The van der Waals surface area contributed by atoms with Crippen molar-refractivity contribution in [1.82, 2.24) is 0 Å². The van der Waals surface area contributed by atoms with E-state index in [1.54, 1.807) is 12.1 Å². The molecule has 1 rings (SSSR count). The summed E-state index contributed by atoms with van der Waals surface area (Å²) in [5.41, 5.74) is 1.54. The molecule has 17 heavy (non-hydrogen) atoms. The maximum absolute atomic E-state index is 9.84. The summed E-state index contributed by atoms with van der Waals surface area (Å²) < 4.78 is 0. The van der Waals surface area contributed by atoms with Crippen LogP contribution in [-0.4, -0.2) is 28.0 Å². The molecular weight excluding hydrogens is 220 g/mol. The highest BCUT2D eigenvalue weighted by Gasteiger charge is 2.17. The lowest BCUT2D eigenvalue weighted by Gasteiger charge is -2.20. The number of rotatable bonds is 2. The molecule has 0 spiro atoms. The second-order valence-electron chi connectivity index (χ2n) is 4.74. The summed E-state index contributed by atoms with van der Waals surface area (Å²) in [5.74, 6) is -0.0893. The third-order valence-electron chi connectivity index (χ3n) is 2.43. The molecule has 0 aliphatic heterocycles. The lowest BCUT2D eigenvalue weighted by atomic mass is 9.85. The van der Waals surface area contributed by atoms with Gasteiger partial charge in [-0.3, -0.25) is 0 Å². The van der Waals surface area contributed by atoms with Crippen LogP contribution >= 0.6 is 0 Å². The van der Waals surface area contributed by atoms with Crippen LogP contribution in [-0.2, 0) is 5.41 Å². The van der Waals surface area contributed by atoms with Crippen LogP contribution in [0.15, 0.2) is 22.4 Å². The van der Waals surface area contributed by atoms with Gasteiger partial charge in [0, 0.05) is 11.1 Å². The van der Waals surface area contributed by atoms with E-state index in [2.05, 4.69) is 10.3 Å². The third-order valence-corrected chi connectivity index (χ3v) is 2.43. The Bertz CT molecular complexity index is 426. The Morgan fingerprint density at radius 3 is 1.71 bits per heavy atom. The zero-order valence-corrected chi connectivity index (χ0v) is 10.0. The molecule has 0 unspecified atom stereocenters. The summed E-state index contributed by atoms with van der Waals surface area (Å²) in [4.78, 5) is 0. The molecule has 1 aromatic carbocycles. The minimum absolute atomic E-state index is 0.0893. The van der Waals surface area contributed by atoms with Gasteiger partial charge in [0.2, 0.25) is 0 Å². The lowest BCUT2D eigenvalue weighted by molar-refractivity contribution is 0.321. The van der Waals surface area contributed by atoms with Crippen LogP contribution in [0.2, 0.25) is 0 Å². The molecule has 0 amide bonds. The molecule has 1 aromatic rings. The number of phenolic OH excluding ortho intramolecular Hbond substituents is 1. The molecule has 0 aromatic heterocycles. The van der Waals surface area contributed by atoms with E-state index in [-0.39, 0.29) is 11.2 Å². The van der Waals surface area contributed by atoms with Crippen molar-refractivity contribution in [2.45, 2.75) is 26.2 Å². The van der Waals surface area contributed by atoms with Crippen molar-refractivity contribution in [3.63, 3.8) is 0 Å². The monoisotopic (exact) mass is 236 g/mol. The van der Waals surface area contributed by atoms with Gasteiger partial charge < -0.3 is 15.5 Å². The van der Waals surface area contributed by atoms with E-state index in [9.17, 15) is 5.11 Å². The van der Waals surface area contributed by atoms with Gasteiger partial charge in [0.1, 0.15) is 5.75 Å². The minimum Gasteiger partial charge on any atom is -0.507 e. The molecule has 0 saturated heterocycles. The van der Waals surface area contributed by atoms with E-state index < -0.39 is 0 Å². The fraction of sp³-hybridized carbons (Fsp3) is 0.333. The number of phenols is 1. The largest absolute Gasteiger partial charge is 0.507 e. The second kappa shape index (κ2) is 4.86. The van der Waals surface area contributed by atoms with Gasteiger partial charge in [-0.2, -0.15) is 0 Å². The van der Waals surface area contributed by atoms with Crippen molar-refractivity contribution >= 4 is 12.4 Å². The smallest absolute Gasteiger partial charge is 0.133 e. The van der Waals surface area contributed by atoms with Crippen LogP contribution in [0.5, 0.6) is 5.75 Å². The van der Waals surface area contributed by atoms with Crippen molar-refractivity contribution in [1.29, 1.82) is 0 Å². The predicted molar refractivity (Wildman–Crippen MR) is 65.6 cm³/mol.